The van der Waals surface area contributed by atoms with Crippen molar-refractivity contribution in [1.82, 2.24) is 5.32 Å². The van der Waals surface area contributed by atoms with Gasteiger partial charge in [-0.2, -0.15) is 11.8 Å². The number of carbonyl (C=O) groups is 1. The van der Waals surface area contributed by atoms with Gasteiger partial charge in [0.1, 0.15) is 0 Å². The summed E-state index contributed by atoms with van der Waals surface area (Å²) in [5.74, 6) is 2.03. The SMILES string of the molecule is CSC[C@H]1CC[C@H](NC(=O)O)CC1. The van der Waals surface area contributed by atoms with E-state index in [2.05, 4.69) is 11.6 Å². The molecule has 76 valence electrons. The van der Waals surface area contributed by atoms with E-state index < -0.39 is 6.09 Å². The minimum absolute atomic E-state index is 0.204. The first-order valence-corrected chi connectivity index (χ1v) is 6.10. The van der Waals surface area contributed by atoms with Crippen LogP contribution in [0.5, 0.6) is 0 Å². The first-order chi connectivity index (χ1) is 6.22. The summed E-state index contributed by atoms with van der Waals surface area (Å²) in [6.45, 7) is 0. The third-order valence-corrected chi connectivity index (χ3v) is 3.38. The molecule has 0 aromatic rings. The van der Waals surface area contributed by atoms with Crippen LogP contribution in [-0.4, -0.2) is 29.3 Å². The van der Waals surface area contributed by atoms with Crippen molar-refractivity contribution in [3.05, 3.63) is 0 Å². The molecule has 13 heavy (non-hydrogen) atoms. The molecule has 1 saturated carbocycles. The second kappa shape index (κ2) is 5.37. The molecule has 1 amide bonds. The maximum Gasteiger partial charge on any atom is 0.404 e. The fourth-order valence-corrected chi connectivity index (χ4v) is 2.69. The highest BCUT2D eigenvalue weighted by Gasteiger charge is 2.21. The van der Waals surface area contributed by atoms with Gasteiger partial charge in [0, 0.05) is 6.04 Å². The first-order valence-electron chi connectivity index (χ1n) is 4.70. The van der Waals surface area contributed by atoms with Crippen LogP contribution >= 0.6 is 11.8 Å². The van der Waals surface area contributed by atoms with E-state index in [-0.39, 0.29) is 6.04 Å². The number of rotatable bonds is 3. The fraction of sp³-hybridized carbons (Fsp3) is 0.889. The third kappa shape index (κ3) is 3.89. The summed E-state index contributed by atoms with van der Waals surface area (Å²) < 4.78 is 0. The van der Waals surface area contributed by atoms with E-state index in [1.165, 1.54) is 18.6 Å². The molecule has 1 rings (SSSR count). The van der Waals surface area contributed by atoms with Crippen molar-refractivity contribution in [2.24, 2.45) is 5.92 Å². The highest BCUT2D eigenvalue weighted by Crippen LogP contribution is 2.26. The number of amides is 1. The zero-order chi connectivity index (χ0) is 9.68. The number of hydrogen-bond acceptors (Lipinski definition) is 2. The third-order valence-electron chi connectivity index (χ3n) is 2.58. The summed E-state index contributed by atoms with van der Waals surface area (Å²) in [7, 11) is 0. The molecule has 0 bridgehead atoms. The van der Waals surface area contributed by atoms with Crippen molar-refractivity contribution in [3.8, 4) is 0 Å². The van der Waals surface area contributed by atoms with Crippen LogP contribution < -0.4 is 5.32 Å². The van der Waals surface area contributed by atoms with Gasteiger partial charge in [-0.3, -0.25) is 0 Å². The zero-order valence-electron chi connectivity index (χ0n) is 7.95. The van der Waals surface area contributed by atoms with Crippen LogP contribution in [0.4, 0.5) is 4.79 Å². The van der Waals surface area contributed by atoms with Crippen molar-refractivity contribution in [2.45, 2.75) is 31.7 Å². The Morgan fingerprint density at radius 1 is 1.46 bits per heavy atom. The Morgan fingerprint density at radius 2 is 2.08 bits per heavy atom. The van der Waals surface area contributed by atoms with Gasteiger partial charge in [-0.1, -0.05) is 0 Å². The molecule has 0 radical (unpaired) electrons. The molecule has 1 fully saturated rings. The standard InChI is InChI=1S/C9H17NO2S/c1-13-6-7-2-4-8(5-3-7)10-9(11)12/h7-8,10H,2-6H2,1H3,(H,11,12)/t7-,8-. The predicted octanol–water partition coefficient (Wildman–Crippen LogP) is 2.18. The highest BCUT2D eigenvalue weighted by molar-refractivity contribution is 7.98. The Balaban J connectivity index is 2.18. The van der Waals surface area contributed by atoms with Gasteiger partial charge in [-0.25, -0.2) is 4.79 Å². The van der Waals surface area contributed by atoms with Crippen molar-refractivity contribution < 1.29 is 9.90 Å². The fourth-order valence-electron chi connectivity index (χ4n) is 1.88. The van der Waals surface area contributed by atoms with Gasteiger partial charge in [0.25, 0.3) is 0 Å². The van der Waals surface area contributed by atoms with Gasteiger partial charge in [-0.15, -0.1) is 0 Å². The molecule has 0 atom stereocenters. The van der Waals surface area contributed by atoms with Crippen LogP contribution in [0.15, 0.2) is 0 Å². The van der Waals surface area contributed by atoms with Gasteiger partial charge < -0.3 is 10.4 Å². The van der Waals surface area contributed by atoms with E-state index in [9.17, 15) is 4.79 Å². The largest absolute Gasteiger partial charge is 0.465 e. The average Bonchev–Trinajstić information content (AvgIpc) is 2.08. The first kappa shape index (κ1) is 10.7. The number of thioether (sulfide) groups is 1. The Bertz CT molecular complexity index is 167. The molecule has 0 aromatic carbocycles. The predicted molar refractivity (Wildman–Crippen MR) is 55.3 cm³/mol. The van der Waals surface area contributed by atoms with Crippen LogP contribution in [0.25, 0.3) is 0 Å². The van der Waals surface area contributed by atoms with E-state index in [0.717, 1.165) is 18.8 Å². The number of carboxylic acid groups (broad SMARTS) is 1. The number of hydrogen-bond donors (Lipinski definition) is 2. The van der Waals surface area contributed by atoms with E-state index in [0.29, 0.717) is 0 Å². The van der Waals surface area contributed by atoms with Gasteiger partial charge >= 0.3 is 6.09 Å². The van der Waals surface area contributed by atoms with E-state index in [1.54, 1.807) is 0 Å². The van der Waals surface area contributed by atoms with Crippen LogP contribution in [0.1, 0.15) is 25.7 Å². The molecule has 1 aliphatic rings. The Labute approximate surface area is 83.3 Å². The molecule has 0 saturated heterocycles. The molecule has 2 N–H and O–H groups in total. The summed E-state index contributed by atoms with van der Waals surface area (Å²) >= 11 is 1.89. The molecule has 0 aliphatic heterocycles. The quantitative estimate of drug-likeness (QED) is 0.739. The lowest BCUT2D eigenvalue weighted by molar-refractivity contribution is 0.183. The minimum Gasteiger partial charge on any atom is -0.465 e. The van der Waals surface area contributed by atoms with Crippen LogP contribution in [0, 0.1) is 5.92 Å². The lowest BCUT2D eigenvalue weighted by Crippen LogP contribution is -2.36. The highest BCUT2D eigenvalue weighted by atomic mass is 32.2. The van der Waals surface area contributed by atoms with E-state index in [4.69, 9.17) is 5.11 Å². The second-order valence-electron chi connectivity index (χ2n) is 3.62. The van der Waals surface area contributed by atoms with E-state index in [1.807, 2.05) is 11.8 Å². The van der Waals surface area contributed by atoms with E-state index >= 15 is 0 Å². The summed E-state index contributed by atoms with van der Waals surface area (Å²) in [6, 6.07) is 0.204. The molecule has 1 aliphatic carbocycles. The molecule has 0 aromatic heterocycles. The summed E-state index contributed by atoms with van der Waals surface area (Å²) in [4.78, 5) is 10.4. The normalized spacial score (nSPS) is 28.4. The van der Waals surface area contributed by atoms with Gasteiger partial charge in [0.05, 0.1) is 0 Å². The van der Waals surface area contributed by atoms with Crippen molar-refractivity contribution >= 4 is 17.9 Å². The van der Waals surface area contributed by atoms with Gasteiger partial charge in [-0.05, 0) is 43.6 Å². The lowest BCUT2D eigenvalue weighted by Gasteiger charge is -2.27. The van der Waals surface area contributed by atoms with Crippen molar-refractivity contribution in [2.75, 3.05) is 12.0 Å². The maximum atomic E-state index is 10.4. The summed E-state index contributed by atoms with van der Waals surface area (Å²) in [6.07, 6.45) is 5.61. The maximum absolute atomic E-state index is 10.4. The van der Waals surface area contributed by atoms with Crippen LogP contribution in [0.2, 0.25) is 0 Å². The van der Waals surface area contributed by atoms with Gasteiger partial charge in [0.15, 0.2) is 0 Å². The molecule has 3 nitrogen and oxygen atoms in total. The summed E-state index contributed by atoms with van der Waals surface area (Å²) in [5.41, 5.74) is 0. The molecule has 0 spiro atoms. The van der Waals surface area contributed by atoms with Gasteiger partial charge in [0.2, 0.25) is 0 Å². The molecule has 0 unspecified atom stereocenters. The lowest BCUT2D eigenvalue weighted by atomic mass is 9.87. The smallest absolute Gasteiger partial charge is 0.404 e. The monoisotopic (exact) mass is 203 g/mol. The van der Waals surface area contributed by atoms with Crippen molar-refractivity contribution in [3.63, 3.8) is 0 Å². The molecule has 4 heteroatoms. The molecular weight excluding hydrogens is 186 g/mol. The summed E-state index contributed by atoms with van der Waals surface area (Å²) in [5, 5.41) is 11.1. The van der Waals surface area contributed by atoms with Crippen LogP contribution in [-0.2, 0) is 0 Å². The zero-order valence-corrected chi connectivity index (χ0v) is 8.77. The minimum atomic E-state index is -0.881. The molecule has 0 heterocycles. The Hall–Kier alpha value is -0.380. The Morgan fingerprint density at radius 3 is 2.54 bits per heavy atom. The Kier molecular flexibility index (Phi) is 4.42. The molecular formula is C9H17NO2S. The second-order valence-corrected chi connectivity index (χ2v) is 4.53. The van der Waals surface area contributed by atoms with Crippen LogP contribution in [0.3, 0.4) is 0 Å². The topological polar surface area (TPSA) is 49.3 Å². The van der Waals surface area contributed by atoms with Crippen molar-refractivity contribution in [1.29, 1.82) is 0 Å². The average molecular weight is 203 g/mol. The number of nitrogens with one attached hydrogen (secondary N) is 1.